The molecule has 7 rings (SSSR count). The number of hydrogen-bond acceptors (Lipinski definition) is 2. The van der Waals surface area contributed by atoms with Gasteiger partial charge in [-0.25, -0.2) is 0 Å². The van der Waals surface area contributed by atoms with Gasteiger partial charge in [-0.15, -0.1) is 0 Å². The Morgan fingerprint density at radius 3 is 0.770 bits per heavy atom. The van der Waals surface area contributed by atoms with Crippen LogP contribution in [0.2, 0.25) is 0 Å². The fourth-order valence-corrected chi connectivity index (χ4v) is 7.42. The number of rotatable bonds is 2. The maximum atomic E-state index is 6.45. The van der Waals surface area contributed by atoms with Gasteiger partial charge in [-0.2, -0.15) is 0 Å². The molecule has 0 saturated carbocycles. The average molecular weight is 795 g/mol. The van der Waals surface area contributed by atoms with Gasteiger partial charge in [-0.05, 0) is 92.4 Å². The first-order valence-electron chi connectivity index (χ1n) is 20.9. The summed E-state index contributed by atoms with van der Waals surface area (Å²) in [6.45, 7) is 26.5. The lowest BCUT2D eigenvalue weighted by molar-refractivity contribution is -0.142. The van der Waals surface area contributed by atoms with Crippen molar-refractivity contribution in [2.24, 2.45) is 0 Å². The van der Waals surface area contributed by atoms with E-state index in [-0.39, 0.29) is 21.7 Å². The molecule has 4 aromatic carbocycles. The fourth-order valence-electron chi connectivity index (χ4n) is 7.42. The molecule has 4 aromatic rings. The first-order chi connectivity index (χ1) is 28.6. The quantitative estimate of drug-likeness (QED) is 0.149. The smallest absolute Gasteiger partial charge is 0.240 e. The molecule has 0 fully saturated rings. The summed E-state index contributed by atoms with van der Waals surface area (Å²) < 4.78 is 12.9. The molecule has 0 spiro atoms. The number of allylic oxidation sites excluding steroid dienone is 2. The molecule has 3 aliphatic rings. The third kappa shape index (κ3) is 8.51. The standard InChI is InChI=1S/C59H54O2/c1-55(2,3)47-27-19-39-23-31-51-52-32-24-40-20-28-48(56(4,5)6)36-44(40)16-18-46-38-50(58(10,11)12)30-22-42(46)26-34-54(52)59(60-13,61-14)53(51)33-25-41-21-29-49(57(7,8)9)37-45(41)17-15-43(39)35-47/h19-22,27-30,35-38H,1-14H3. The van der Waals surface area contributed by atoms with E-state index in [0.29, 0.717) is 22.3 Å². The Morgan fingerprint density at radius 2 is 0.541 bits per heavy atom. The van der Waals surface area contributed by atoms with Crippen LogP contribution < -0.4 is 0 Å². The first kappa shape index (κ1) is 42.8. The van der Waals surface area contributed by atoms with Crippen LogP contribution in [0.4, 0.5) is 0 Å². The van der Waals surface area contributed by atoms with Gasteiger partial charge in [0, 0.05) is 58.7 Å². The lowest BCUT2D eigenvalue weighted by Gasteiger charge is -2.28. The van der Waals surface area contributed by atoms with Crippen molar-refractivity contribution >= 4 is 0 Å². The Bertz CT molecular complexity index is 2780. The molecule has 0 aromatic heterocycles. The van der Waals surface area contributed by atoms with Gasteiger partial charge in [0.2, 0.25) is 5.79 Å². The summed E-state index contributed by atoms with van der Waals surface area (Å²) >= 11 is 0. The Labute approximate surface area is 365 Å². The molecule has 2 heteroatoms. The van der Waals surface area contributed by atoms with Gasteiger partial charge in [-0.1, -0.05) is 178 Å². The first-order valence-corrected chi connectivity index (χ1v) is 20.9. The Balaban J connectivity index is 1.59. The van der Waals surface area contributed by atoms with Crippen LogP contribution in [-0.4, -0.2) is 20.0 Å². The monoisotopic (exact) mass is 794 g/mol. The van der Waals surface area contributed by atoms with Gasteiger partial charge in [0.05, 0.1) is 22.3 Å². The average Bonchev–Trinajstić information content (AvgIpc) is 3.43. The van der Waals surface area contributed by atoms with Crippen LogP contribution in [0.15, 0.2) is 95.1 Å². The van der Waals surface area contributed by atoms with E-state index >= 15 is 0 Å². The summed E-state index contributed by atoms with van der Waals surface area (Å²) in [5.41, 5.74) is 13.1. The van der Waals surface area contributed by atoms with Crippen molar-refractivity contribution in [2.45, 2.75) is 111 Å². The normalized spacial score (nSPS) is 14.9. The molecule has 0 N–H and O–H groups in total. The van der Waals surface area contributed by atoms with Gasteiger partial charge in [-0.3, -0.25) is 0 Å². The topological polar surface area (TPSA) is 18.5 Å². The molecule has 0 aliphatic heterocycles. The maximum absolute atomic E-state index is 6.45. The van der Waals surface area contributed by atoms with Crippen LogP contribution in [0.1, 0.15) is 150 Å². The van der Waals surface area contributed by atoms with E-state index in [1.807, 2.05) is 0 Å². The molecule has 61 heavy (non-hydrogen) atoms. The van der Waals surface area contributed by atoms with Gasteiger partial charge in [0.1, 0.15) is 0 Å². The van der Waals surface area contributed by atoms with Crippen molar-refractivity contribution in [2.75, 3.05) is 14.2 Å². The molecule has 0 radical (unpaired) electrons. The Kier molecular flexibility index (Phi) is 10.9. The van der Waals surface area contributed by atoms with E-state index in [0.717, 1.165) is 44.5 Å². The number of benzene rings is 4. The summed E-state index contributed by atoms with van der Waals surface area (Å²) in [5.74, 6) is 40.6. The highest BCUT2D eigenvalue weighted by atomic mass is 16.7. The summed E-state index contributed by atoms with van der Waals surface area (Å²) in [6, 6.07) is 25.5. The third-order valence-electron chi connectivity index (χ3n) is 11.5. The van der Waals surface area contributed by atoms with E-state index in [4.69, 9.17) is 9.47 Å². The predicted molar refractivity (Wildman–Crippen MR) is 251 cm³/mol. The second kappa shape index (κ2) is 15.6. The summed E-state index contributed by atoms with van der Waals surface area (Å²) in [7, 11) is 3.24. The van der Waals surface area contributed by atoms with Crippen LogP contribution in [-0.2, 0) is 31.1 Å². The summed E-state index contributed by atoms with van der Waals surface area (Å²) in [4.78, 5) is 0. The van der Waals surface area contributed by atoms with E-state index < -0.39 is 5.79 Å². The highest BCUT2D eigenvalue weighted by molar-refractivity contribution is 5.78. The molecular formula is C59H54O2. The molecule has 3 aliphatic carbocycles. The zero-order chi connectivity index (χ0) is 44.1. The van der Waals surface area contributed by atoms with Crippen molar-refractivity contribution < 1.29 is 9.47 Å². The highest BCUT2D eigenvalue weighted by Gasteiger charge is 2.47. The van der Waals surface area contributed by atoms with Gasteiger partial charge in [0.25, 0.3) is 0 Å². The van der Waals surface area contributed by atoms with E-state index in [9.17, 15) is 0 Å². The van der Waals surface area contributed by atoms with Crippen molar-refractivity contribution in [1.29, 1.82) is 0 Å². The van der Waals surface area contributed by atoms with Crippen LogP contribution in [0.5, 0.6) is 0 Å². The van der Waals surface area contributed by atoms with Gasteiger partial charge in [0.15, 0.2) is 0 Å². The molecule has 302 valence electrons. The minimum Gasteiger partial charge on any atom is -0.345 e. The van der Waals surface area contributed by atoms with Crippen LogP contribution >= 0.6 is 0 Å². The summed E-state index contributed by atoms with van der Waals surface area (Å²) in [5, 5.41) is 0. The number of ether oxygens (including phenoxy) is 2. The molecule has 0 saturated heterocycles. The van der Waals surface area contributed by atoms with E-state index in [1.54, 1.807) is 14.2 Å². The number of fused-ring (bicyclic) bond motifs is 5. The molecular weight excluding hydrogens is 741 g/mol. The molecule has 0 bridgehead atoms. The Morgan fingerprint density at radius 1 is 0.311 bits per heavy atom. The van der Waals surface area contributed by atoms with Crippen molar-refractivity contribution in [3.8, 4) is 71.0 Å². The molecule has 0 amide bonds. The minimum absolute atomic E-state index is 0.0861. The molecule has 2 nitrogen and oxygen atoms in total. The second-order valence-electron chi connectivity index (χ2n) is 20.1. The van der Waals surface area contributed by atoms with Crippen LogP contribution in [0.3, 0.4) is 0 Å². The van der Waals surface area contributed by atoms with Crippen molar-refractivity contribution in [1.82, 2.24) is 0 Å². The largest absolute Gasteiger partial charge is 0.345 e. The lowest BCUT2D eigenvalue weighted by atomic mass is 9.84. The molecule has 0 atom stereocenters. The predicted octanol–water partition coefficient (Wildman–Crippen LogP) is 11.4. The second-order valence-corrected chi connectivity index (χ2v) is 20.1. The SMILES string of the molecule is COC1(OC)C2=C(C#Cc3ccc(C(C)(C)C)cc3C#Cc3cc(C(C)(C)C)ccc3C#C2)C2=C1C#Cc1ccc(C(C)(C)C)cc1C#Cc1cc(C(C)(C)C)ccc1C#C2. The fraction of sp³-hybridized carbons (Fsp3) is 0.322. The molecule has 0 unspecified atom stereocenters. The van der Waals surface area contributed by atoms with E-state index in [2.05, 4.69) is 227 Å². The van der Waals surface area contributed by atoms with Crippen LogP contribution in [0, 0.1) is 71.0 Å². The summed E-state index contributed by atoms with van der Waals surface area (Å²) in [6.07, 6.45) is 0. The maximum Gasteiger partial charge on any atom is 0.240 e. The van der Waals surface area contributed by atoms with Crippen LogP contribution in [0.25, 0.3) is 0 Å². The van der Waals surface area contributed by atoms with Crippen molar-refractivity contribution in [3.63, 3.8) is 0 Å². The van der Waals surface area contributed by atoms with Gasteiger partial charge < -0.3 is 9.47 Å². The zero-order valence-corrected chi connectivity index (χ0v) is 38.2. The molecule has 0 heterocycles. The highest BCUT2D eigenvalue weighted by Crippen LogP contribution is 2.43. The van der Waals surface area contributed by atoms with E-state index in [1.165, 1.54) is 22.3 Å². The van der Waals surface area contributed by atoms with Crippen molar-refractivity contribution in [3.05, 3.63) is 162 Å². The van der Waals surface area contributed by atoms with Gasteiger partial charge >= 0.3 is 0 Å². The zero-order valence-electron chi connectivity index (χ0n) is 38.2. The number of hydrogen-bond donors (Lipinski definition) is 0. The third-order valence-corrected chi connectivity index (χ3v) is 11.5. The Hall–Kier alpha value is -6.36. The lowest BCUT2D eigenvalue weighted by Crippen LogP contribution is -2.36. The number of methoxy groups -OCH3 is 2. The minimum atomic E-state index is -1.51.